The van der Waals surface area contributed by atoms with Crippen LogP contribution in [0, 0.1) is 0 Å². The van der Waals surface area contributed by atoms with E-state index in [2.05, 4.69) is 20.9 Å². The van der Waals surface area contributed by atoms with Crippen LogP contribution in [0.15, 0.2) is 59.5 Å². The summed E-state index contributed by atoms with van der Waals surface area (Å²) >= 11 is 0. The highest BCUT2D eigenvalue weighted by atomic mass is 32.2. The lowest BCUT2D eigenvalue weighted by Gasteiger charge is -2.10. The zero-order valence-electron chi connectivity index (χ0n) is 17.5. The fourth-order valence-corrected chi connectivity index (χ4v) is 4.56. The molecule has 0 spiro atoms. The number of carbonyl (C=O) groups excluding carboxylic acids is 2. The zero-order valence-corrected chi connectivity index (χ0v) is 18.3. The molecule has 1 aromatic heterocycles. The number of hydrogen-bond donors (Lipinski definition) is 2. The van der Waals surface area contributed by atoms with E-state index in [1.807, 2.05) is 6.92 Å². The Balaban J connectivity index is 1.72. The molecule has 3 aromatic rings. The molecule has 0 bridgehead atoms. The van der Waals surface area contributed by atoms with Crippen molar-refractivity contribution in [1.82, 2.24) is 25.6 Å². The fraction of sp³-hybridized carbons (Fsp3) is 0.273. The third-order valence-corrected chi connectivity index (χ3v) is 6.68. The maximum Gasteiger partial charge on any atom is 0.274 e. The summed E-state index contributed by atoms with van der Waals surface area (Å²) in [5, 5.41) is 13.6. The predicted molar refractivity (Wildman–Crippen MR) is 117 cm³/mol. The number of aromatic nitrogens is 3. The fourth-order valence-electron chi connectivity index (χ4n) is 3.20. The minimum Gasteiger partial charge on any atom is -0.352 e. The molecule has 10 heteroatoms. The van der Waals surface area contributed by atoms with Crippen LogP contribution in [0.1, 0.15) is 46.3 Å². The van der Waals surface area contributed by atoms with Gasteiger partial charge in [0.2, 0.25) is 0 Å². The van der Waals surface area contributed by atoms with Crippen molar-refractivity contribution < 1.29 is 18.0 Å². The van der Waals surface area contributed by atoms with Crippen molar-refractivity contribution in [3.8, 4) is 5.69 Å². The summed E-state index contributed by atoms with van der Waals surface area (Å²) in [7, 11) is -3.76. The first-order chi connectivity index (χ1) is 15.4. The first-order valence-electron chi connectivity index (χ1n) is 10.3. The molecule has 0 radical (unpaired) electrons. The second-order valence-electron chi connectivity index (χ2n) is 7.52. The van der Waals surface area contributed by atoms with Crippen LogP contribution in [0.5, 0.6) is 0 Å². The lowest BCUT2D eigenvalue weighted by atomic mass is 10.2. The van der Waals surface area contributed by atoms with Gasteiger partial charge in [0.25, 0.3) is 11.8 Å². The molecule has 1 aliphatic rings. The number of benzene rings is 2. The number of hydrogen-bond acceptors (Lipinski definition) is 6. The number of rotatable bonds is 8. The van der Waals surface area contributed by atoms with Gasteiger partial charge < -0.3 is 10.6 Å². The van der Waals surface area contributed by atoms with Gasteiger partial charge in [0, 0.05) is 18.2 Å². The van der Waals surface area contributed by atoms with Crippen LogP contribution in [-0.4, -0.2) is 47.8 Å². The Morgan fingerprint density at radius 1 is 1.03 bits per heavy atom. The maximum absolute atomic E-state index is 13.1. The molecule has 166 valence electrons. The maximum atomic E-state index is 13.1. The highest BCUT2D eigenvalue weighted by Crippen LogP contribution is 2.23. The van der Waals surface area contributed by atoms with Crippen LogP contribution < -0.4 is 10.6 Å². The van der Waals surface area contributed by atoms with Crippen molar-refractivity contribution in [1.29, 1.82) is 0 Å². The van der Waals surface area contributed by atoms with Crippen LogP contribution in [0.3, 0.4) is 0 Å². The Morgan fingerprint density at radius 2 is 1.72 bits per heavy atom. The van der Waals surface area contributed by atoms with Crippen LogP contribution >= 0.6 is 0 Å². The van der Waals surface area contributed by atoms with Crippen LogP contribution in [-0.2, 0) is 15.6 Å². The van der Waals surface area contributed by atoms with Crippen molar-refractivity contribution in [2.45, 2.75) is 36.5 Å². The van der Waals surface area contributed by atoms with E-state index in [4.69, 9.17) is 0 Å². The first kappa shape index (κ1) is 21.7. The molecule has 1 aliphatic carbocycles. The average molecular weight is 454 g/mol. The summed E-state index contributed by atoms with van der Waals surface area (Å²) in [6, 6.07) is 14.6. The van der Waals surface area contributed by atoms with E-state index in [1.165, 1.54) is 16.8 Å². The van der Waals surface area contributed by atoms with Gasteiger partial charge in [-0.25, -0.2) is 13.1 Å². The molecule has 0 saturated heterocycles. The monoisotopic (exact) mass is 453 g/mol. The second-order valence-corrected chi connectivity index (χ2v) is 9.51. The molecule has 9 nitrogen and oxygen atoms in total. The van der Waals surface area contributed by atoms with Gasteiger partial charge in [-0.2, -0.15) is 0 Å². The zero-order chi connectivity index (χ0) is 22.7. The average Bonchev–Trinajstić information content (AvgIpc) is 3.51. The lowest BCUT2D eigenvalue weighted by molar-refractivity contribution is 0.0940. The molecule has 2 N–H and O–H groups in total. The van der Waals surface area contributed by atoms with Gasteiger partial charge in [-0.15, -0.1) is 5.10 Å². The highest BCUT2D eigenvalue weighted by molar-refractivity contribution is 7.90. The largest absolute Gasteiger partial charge is 0.352 e. The van der Waals surface area contributed by atoms with Crippen LogP contribution in [0.25, 0.3) is 5.69 Å². The van der Waals surface area contributed by atoms with E-state index in [0.29, 0.717) is 17.8 Å². The van der Waals surface area contributed by atoms with Crippen LogP contribution in [0.4, 0.5) is 0 Å². The smallest absolute Gasteiger partial charge is 0.274 e. The predicted octanol–water partition coefficient (Wildman–Crippen LogP) is 1.88. The standard InChI is InChI=1S/C22H23N5O4S/c1-2-23-21(28)15-8-12-17(13-9-15)27-19(14-32(30,31)18-6-4-3-5-7-18)20(25-26-27)22(29)24-16-10-11-16/h3-9,12-13,16H,2,10-11,14H2,1H3,(H,23,28)(H,24,29). The summed E-state index contributed by atoms with van der Waals surface area (Å²) in [4.78, 5) is 24.9. The molecule has 1 saturated carbocycles. The van der Waals surface area contributed by atoms with E-state index >= 15 is 0 Å². The van der Waals surface area contributed by atoms with E-state index < -0.39 is 21.5 Å². The highest BCUT2D eigenvalue weighted by Gasteiger charge is 2.30. The molecule has 0 unspecified atom stereocenters. The van der Waals surface area contributed by atoms with Crippen molar-refractivity contribution in [3.63, 3.8) is 0 Å². The SMILES string of the molecule is CCNC(=O)c1ccc(-n2nnc(C(=O)NC3CC3)c2CS(=O)(=O)c2ccccc2)cc1. The number of nitrogens with zero attached hydrogens (tertiary/aromatic N) is 3. The summed E-state index contributed by atoms with van der Waals surface area (Å²) in [5.41, 5.74) is 1.09. The molecule has 1 heterocycles. The quantitative estimate of drug-likeness (QED) is 0.537. The summed E-state index contributed by atoms with van der Waals surface area (Å²) in [6.45, 7) is 2.33. The third-order valence-electron chi connectivity index (χ3n) is 5.03. The molecular formula is C22H23N5O4S. The summed E-state index contributed by atoms with van der Waals surface area (Å²) in [5.74, 6) is -1.11. The Morgan fingerprint density at radius 3 is 2.34 bits per heavy atom. The van der Waals surface area contributed by atoms with Gasteiger partial charge >= 0.3 is 0 Å². The number of carbonyl (C=O) groups is 2. The van der Waals surface area contributed by atoms with Crippen molar-refractivity contribution in [2.24, 2.45) is 0 Å². The summed E-state index contributed by atoms with van der Waals surface area (Å²) in [6.07, 6.45) is 1.78. The number of amides is 2. The second kappa shape index (κ2) is 8.91. The molecule has 1 fully saturated rings. The van der Waals surface area contributed by atoms with E-state index in [1.54, 1.807) is 42.5 Å². The Hall–Kier alpha value is -3.53. The van der Waals surface area contributed by atoms with E-state index in [0.717, 1.165) is 12.8 Å². The molecule has 32 heavy (non-hydrogen) atoms. The minimum atomic E-state index is -3.76. The van der Waals surface area contributed by atoms with Crippen LogP contribution in [0.2, 0.25) is 0 Å². The molecule has 2 aromatic carbocycles. The van der Waals surface area contributed by atoms with Gasteiger partial charge in [-0.05, 0) is 56.2 Å². The summed E-state index contributed by atoms with van der Waals surface area (Å²) < 4.78 is 27.4. The lowest BCUT2D eigenvalue weighted by Crippen LogP contribution is -2.27. The Kier molecular flexibility index (Phi) is 6.04. The number of nitrogens with one attached hydrogen (secondary N) is 2. The minimum absolute atomic E-state index is 0.0239. The van der Waals surface area contributed by atoms with Gasteiger partial charge in [0.15, 0.2) is 15.5 Å². The topological polar surface area (TPSA) is 123 Å². The molecule has 2 amide bonds. The Labute approximate surface area is 185 Å². The Bertz CT molecular complexity index is 1230. The third kappa shape index (κ3) is 4.70. The number of sulfone groups is 1. The van der Waals surface area contributed by atoms with Gasteiger partial charge in [-0.1, -0.05) is 23.4 Å². The van der Waals surface area contributed by atoms with Crippen molar-refractivity contribution in [2.75, 3.05) is 6.54 Å². The van der Waals surface area contributed by atoms with Gasteiger partial charge in [0.05, 0.1) is 22.0 Å². The normalized spacial score (nSPS) is 13.5. The van der Waals surface area contributed by atoms with Crippen molar-refractivity contribution in [3.05, 3.63) is 71.5 Å². The van der Waals surface area contributed by atoms with Gasteiger partial charge in [0.1, 0.15) is 0 Å². The van der Waals surface area contributed by atoms with E-state index in [9.17, 15) is 18.0 Å². The first-order valence-corrected chi connectivity index (χ1v) is 12.0. The van der Waals surface area contributed by atoms with E-state index in [-0.39, 0.29) is 28.2 Å². The molecule has 0 atom stereocenters. The van der Waals surface area contributed by atoms with Gasteiger partial charge in [-0.3, -0.25) is 9.59 Å². The van der Waals surface area contributed by atoms with Crippen molar-refractivity contribution >= 4 is 21.7 Å². The molecule has 0 aliphatic heterocycles. The molecule has 4 rings (SSSR count). The molecular weight excluding hydrogens is 430 g/mol.